The standard InChI is InChI=1S/C15H27N5O/c1-10-12(17-9-11-7-5-6-8-21-11)18-14(15(2,3)4)19-13(10)20-16/h11H,5-9,16H2,1-4H3,(H2,17,18,19,20). The van der Waals surface area contributed by atoms with E-state index >= 15 is 0 Å². The summed E-state index contributed by atoms with van der Waals surface area (Å²) in [5.74, 6) is 7.85. The van der Waals surface area contributed by atoms with Crippen molar-refractivity contribution in [3.63, 3.8) is 0 Å². The monoisotopic (exact) mass is 293 g/mol. The highest BCUT2D eigenvalue weighted by molar-refractivity contribution is 5.57. The van der Waals surface area contributed by atoms with Gasteiger partial charge in [-0.1, -0.05) is 20.8 Å². The molecule has 1 aliphatic heterocycles. The number of hydrogen-bond donors (Lipinski definition) is 3. The van der Waals surface area contributed by atoms with E-state index in [1.54, 1.807) is 0 Å². The van der Waals surface area contributed by atoms with Gasteiger partial charge in [0.1, 0.15) is 17.5 Å². The van der Waals surface area contributed by atoms with Crippen LogP contribution in [-0.2, 0) is 10.2 Å². The fourth-order valence-corrected chi connectivity index (χ4v) is 2.34. The first-order valence-electron chi connectivity index (χ1n) is 7.63. The molecular weight excluding hydrogens is 266 g/mol. The number of anilines is 2. The molecule has 1 aromatic rings. The largest absolute Gasteiger partial charge is 0.376 e. The molecule has 6 nitrogen and oxygen atoms in total. The number of nitrogens with one attached hydrogen (secondary N) is 2. The van der Waals surface area contributed by atoms with Crippen LogP contribution in [0.25, 0.3) is 0 Å². The molecule has 0 radical (unpaired) electrons. The molecule has 118 valence electrons. The van der Waals surface area contributed by atoms with Gasteiger partial charge in [0.25, 0.3) is 0 Å². The lowest BCUT2D eigenvalue weighted by atomic mass is 9.95. The Morgan fingerprint density at radius 1 is 1.24 bits per heavy atom. The summed E-state index contributed by atoms with van der Waals surface area (Å²) in [4.78, 5) is 9.16. The van der Waals surface area contributed by atoms with Gasteiger partial charge in [0, 0.05) is 24.1 Å². The highest BCUT2D eigenvalue weighted by atomic mass is 16.5. The Labute approximate surface area is 126 Å². The molecule has 0 bridgehead atoms. The molecular formula is C15H27N5O. The average molecular weight is 293 g/mol. The van der Waals surface area contributed by atoms with Crippen molar-refractivity contribution in [2.24, 2.45) is 5.84 Å². The van der Waals surface area contributed by atoms with E-state index in [1.165, 1.54) is 12.8 Å². The second kappa shape index (κ2) is 6.58. The smallest absolute Gasteiger partial charge is 0.148 e. The second-order valence-corrected chi connectivity index (χ2v) is 6.63. The van der Waals surface area contributed by atoms with Gasteiger partial charge >= 0.3 is 0 Å². The Hall–Kier alpha value is -1.40. The molecule has 0 aromatic carbocycles. The number of hydrazine groups is 1. The lowest BCUT2D eigenvalue weighted by molar-refractivity contribution is 0.0247. The minimum atomic E-state index is -0.128. The predicted molar refractivity (Wildman–Crippen MR) is 85.4 cm³/mol. The van der Waals surface area contributed by atoms with Crippen LogP contribution in [0.4, 0.5) is 11.6 Å². The van der Waals surface area contributed by atoms with Crippen LogP contribution in [0, 0.1) is 6.92 Å². The average Bonchev–Trinajstić information content (AvgIpc) is 2.46. The van der Waals surface area contributed by atoms with Crippen molar-refractivity contribution in [1.29, 1.82) is 0 Å². The summed E-state index contributed by atoms with van der Waals surface area (Å²) in [6.07, 6.45) is 3.77. The molecule has 1 fully saturated rings. The SMILES string of the molecule is Cc1c(NN)nc(C(C)(C)C)nc1NCC1CCCCO1. The Balaban J connectivity index is 2.16. The summed E-state index contributed by atoms with van der Waals surface area (Å²) in [5.41, 5.74) is 3.47. The minimum Gasteiger partial charge on any atom is -0.376 e. The molecule has 1 unspecified atom stereocenters. The third kappa shape index (κ3) is 4.04. The van der Waals surface area contributed by atoms with E-state index in [-0.39, 0.29) is 11.5 Å². The molecule has 6 heteroatoms. The lowest BCUT2D eigenvalue weighted by Gasteiger charge is -2.24. The van der Waals surface area contributed by atoms with Crippen LogP contribution in [0.15, 0.2) is 0 Å². The van der Waals surface area contributed by atoms with Gasteiger partial charge in [-0.15, -0.1) is 0 Å². The van der Waals surface area contributed by atoms with Gasteiger partial charge in [-0.25, -0.2) is 15.8 Å². The van der Waals surface area contributed by atoms with Crippen LogP contribution < -0.4 is 16.6 Å². The number of hydrogen-bond acceptors (Lipinski definition) is 6. The zero-order valence-electron chi connectivity index (χ0n) is 13.5. The summed E-state index contributed by atoms with van der Waals surface area (Å²) in [7, 11) is 0. The van der Waals surface area contributed by atoms with E-state index in [9.17, 15) is 0 Å². The van der Waals surface area contributed by atoms with Gasteiger partial charge in [-0.3, -0.25) is 0 Å². The van der Waals surface area contributed by atoms with Crippen molar-refractivity contribution < 1.29 is 4.74 Å². The van der Waals surface area contributed by atoms with Crippen molar-refractivity contribution in [2.75, 3.05) is 23.9 Å². The fourth-order valence-electron chi connectivity index (χ4n) is 2.34. The number of ether oxygens (including phenoxy) is 1. The van der Waals surface area contributed by atoms with Gasteiger partial charge in [-0.05, 0) is 26.2 Å². The fraction of sp³-hybridized carbons (Fsp3) is 0.733. The number of nitrogen functional groups attached to an aromatic ring is 1. The molecule has 1 saturated heterocycles. The van der Waals surface area contributed by atoms with Gasteiger partial charge in [0.05, 0.1) is 6.10 Å². The van der Waals surface area contributed by atoms with Crippen molar-refractivity contribution in [3.8, 4) is 0 Å². The van der Waals surface area contributed by atoms with Gasteiger partial charge < -0.3 is 15.5 Å². The van der Waals surface area contributed by atoms with Gasteiger partial charge in [0.2, 0.25) is 0 Å². The van der Waals surface area contributed by atoms with Crippen molar-refractivity contribution in [1.82, 2.24) is 9.97 Å². The summed E-state index contributed by atoms with van der Waals surface area (Å²) in [6, 6.07) is 0. The van der Waals surface area contributed by atoms with Crippen LogP contribution in [0.2, 0.25) is 0 Å². The predicted octanol–water partition coefficient (Wildman–Crippen LogP) is 2.35. The number of nitrogens with zero attached hydrogens (tertiary/aromatic N) is 2. The Bertz CT molecular complexity index is 478. The zero-order valence-corrected chi connectivity index (χ0v) is 13.5. The van der Waals surface area contributed by atoms with E-state index in [0.717, 1.165) is 36.8 Å². The molecule has 0 saturated carbocycles. The molecule has 0 aliphatic carbocycles. The first-order valence-corrected chi connectivity index (χ1v) is 7.63. The second-order valence-electron chi connectivity index (χ2n) is 6.63. The van der Waals surface area contributed by atoms with Crippen molar-refractivity contribution in [3.05, 3.63) is 11.4 Å². The molecule has 0 spiro atoms. The summed E-state index contributed by atoms with van der Waals surface area (Å²) < 4.78 is 5.75. The lowest BCUT2D eigenvalue weighted by Crippen LogP contribution is -2.28. The number of nitrogens with two attached hydrogens (primary N) is 1. The van der Waals surface area contributed by atoms with E-state index in [2.05, 4.69) is 41.5 Å². The van der Waals surface area contributed by atoms with Crippen LogP contribution in [0.1, 0.15) is 51.4 Å². The highest BCUT2D eigenvalue weighted by Gasteiger charge is 2.21. The summed E-state index contributed by atoms with van der Waals surface area (Å²) in [6.45, 7) is 9.86. The molecule has 4 N–H and O–H groups in total. The van der Waals surface area contributed by atoms with Crippen LogP contribution in [-0.4, -0.2) is 29.2 Å². The summed E-state index contributed by atoms with van der Waals surface area (Å²) >= 11 is 0. The third-order valence-electron chi connectivity index (χ3n) is 3.72. The topological polar surface area (TPSA) is 85.1 Å². The Morgan fingerprint density at radius 2 is 1.95 bits per heavy atom. The molecule has 0 amide bonds. The molecule has 1 aliphatic rings. The molecule has 1 aromatic heterocycles. The molecule has 1 atom stereocenters. The highest BCUT2D eigenvalue weighted by Crippen LogP contribution is 2.26. The van der Waals surface area contributed by atoms with E-state index in [0.29, 0.717) is 5.82 Å². The van der Waals surface area contributed by atoms with Crippen molar-refractivity contribution in [2.45, 2.75) is 58.5 Å². The minimum absolute atomic E-state index is 0.128. The number of rotatable bonds is 4. The van der Waals surface area contributed by atoms with Gasteiger partial charge in [-0.2, -0.15) is 0 Å². The van der Waals surface area contributed by atoms with E-state index < -0.39 is 0 Å². The normalized spacial score (nSPS) is 19.4. The first kappa shape index (κ1) is 16.0. The third-order valence-corrected chi connectivity index (χ3v) is 3.72. The maximum Gasteiger partial charge on any atom is 0.148 e. The van der Waals surface area contributed by atoms with Crippen LogP contribution in [0.5, 0.6) is 0 Å². The first-order chi connectivity index (χ1) is 9.91. The molecule has 21 heavy (non-hydrogen) atoms. The zero-order chi connectivity index (χ0) is 15.5. The molecule has 2 heterocycles. The Kier molecular flexibility index (Phi) is 5.00. The summed E-state index contributed by atoms with van der Waals surface area (Å²) in [5, 5.41) is 3.40. The Morgan fingerprint density at radius 3 is 2.52 bits per heavy atom. The maximum atomic E-state index is 5.75. The van der Waals surface area contributed by atoms with E-state index in [4.69, 9.17) is 10.6 Å². The van der Waals surface area contributed by atoms with Crippen molar-refractivity contribution >= 4 is 11.6 Å². The maximum absolute atomic E-state index is 5.75. The quantitative estimate of drug-likeness (QED) is 0.583. The van der Waals surface area contributed by atoms with Gasteiger partial charge in [0.15, 0.2) is 0 Å². The van der Waals surface area contributed by atoms with Crippen LogP contribution in [0.3, 0.4) is 0 Å². The van der Waals surface area contributed by atoms with Crippen LogP contribution >= 0.6 is 0 Å². The number of aromatic nitrogens is 2. The molecule has 2 rings (SSSR count). The van der Waals surface area contributed by atoms with E-state index in [1.807, 2.05) is 6.92 Å².